The predicted octanol–water partition coefficient (Wildman–Crippen LogP) is 4.33. The monoisotopic (exact) mass is 317 g/mol. The summed E-state index contributed by atoms with van der Waals surface area (Å²) in [6.45, 7) is 2.25. The van der Waals surface area contributed by atoms with Crippen LogP contribution in [-0.4, -0.2) is 18.6 Å². The van der Waals surface area contributed by atoms with Gasteiger partial charge in [0, 0.05) is 5.69 Å². The molecule has 3 nitrogen and oxygen atoms in total. The lowest BCUT2D eigenvalue weighted by molar-refractivity contribution is -0.142. The van der Waals surface area contributed by atoms with E-state index in [1.807, 2.05) is 49.4 Å². The Morgan fingerprint density at radius 3 is 2.42 bits per heavy atom. The molecule has 1 saturated heterocycles. The van der Waals surface area contributed by atoms with Gasteiger partial charge < -0.3 is 9.64 Å². The van der Waals surface area contributed by atoms with Gasteiger partial charge in [0.25, 0.3) is 0 Å². The molecule has 3 aromatic rings. The maximum atomic E-state index is 12.4. The molecule has 0 aromatic heterocycles. The molecule has 0 spiro atoms. The normalized spacial score (nSPS) is 19.3. The summed E-state index contributed by atoms with van der Waals surface area (Å²) in [6.07, 6.45) is 0. The topological polar surface area (TPSA) is 29.3 Å². The van der Waals surface area contributed by atoms with Crippen molar-refractivity contribution in [2.75, 3.05) is 11.5 Å². The first-order valence-electron chi connectivity index (χ1n) is 8.28. The van der Waals surface area contributed by atoms with Crippen LogP contribution in [-0.2, 0) is 9.53 Å². The molecule has 0 saturated carbocycles. The quantitative estimate of drug-likeness (QED) is 0.530. The second-order valence-electron chi connectivity index (χ2n) is 5.99. The van der Waals surface area contributed by atoms with Crippen molar-refractivity contribution in [3.05, 3.63) is 78.4 Å². The van der Waals surface area contributed by atoms with Crippen LogP contribution < -0.4 is 4.90 Å². The molecule has 4 rings (SSSR count). The minimum atomic E-state index is -0.242. The number of esters is 1. The van der Waals surface area contributed by atoms with E-state index in [0.29, 0.717) is 6.61 Å². The molecule has 0 N–H and O–H groups in total. The van der Waals surface area contributed by atoms with E-state index in [9.17, 15) is 4.79 Å². The van der Waals surface area contributed by atoms with E-state index in [-0.39, 0.29) is 18.1 Å². The highest BCUT2D eigenvalue weighted by atomic mass is 16.5. The summed E-state index contributed by atoms with van der Waals surface area (Å²) in [5, 5.41) is 2.40. The lowest BCUT2D eigenvalue weighted by Gasteiger charge is -2.06. The SMILES string of the molecule is CCOC(=O)[C@H]1[C@H](c2ccc3ccccc3c2)N1c1ccccc1. The molecule has 1 aliphatic rings. The Hall–Kier alpha value is -2.81. The van der Waals surface area contributed by atoms with Crippen molar-refractivity contribution in [2.45, 2.75) is 19.0 Å². The third-order valence-electron chi connectivity index (χ3n) is 4.51. The molecule has 3 heteroatoms. The van der Waals surface area contributed by atoms with E-state index >= 15 is 0 Å². The van der Waals surface area contributed by atoms with Crippen molar-refractivity contribution in [1.82, 2.24) is 0 Å². The zero-order chi connectivity index (χ0) is 16.5. The summed E-state index contributed by atoms with van der Waals surface area (Å²) in [4.78, 5) is 14.5. The third kappa shape index (κ3) is 2.52. The molecule has 0 bridgehead atoms. The minimum Gasteiger partial charge on any atom is -0.464 e. The molecule has 3 aromatic carbocycles. The van der Waals surface area contributed by atoms with Crippen LogP contribution in [0.1, 0.15) is 18.5 Å². The van der Waals surface area contributed by atoms with Crippen molar-refractivity contribution >= 4 is 22.4 Å². The van der Waals surface area contributed by atoms with Gasteiger partial charge in [0.2, 0.25) is 0 Å². The molecule has 2 atom stereocenters. The number of hydrogen-bond acceptors (Lipinski definition) is 3. The number of anilines is 1. The number of ether oxygens (including phenoxy) is 1. The number of para-hydroxylation sites is 1. The summed E-state index contributed by atoms with van der Waals surface area (Å²) in [5.41, 5.74) is 2.20. The zero-order valence-electron chi connectivity index (χ0n) is 13.6. The van der Waals surface area contributed by atoms with Gasteiger partial charge in [-0.05, 0) is 41.5 Å². The molecule has 0 amide bonds. The van der Waals surface area contributed by atoms with Gasteiger partial charge in [-0.25, -0.2) is 4.79 Å². The Kier molecular flexibility index (Phi) is 3.69. The third-order valence-corrected chi connectivity index (χ3v) is 4.51. The van der Waals surface area contributed by atoms with Gasteiger partial charge in [-0.1, -0.05) is 54.6 Å². The van der Waals surface area contributed by atoms with Gasteiger partial charge in [-0.15, -0.1) is 0 Å². The Bertz CT molecular complexity index is 875. The number of benzene rings is 3. The average Bonchev–Trinajstić information content (AvgIpc) is 3.38. The lowest BCUT2D eigenvalue weighted by atomic mass is 10.0. The van der Waals surface area contributed by atoms with Crippen molar-refractivity contribution < 1.29 is 9.53 Å². The highest BCUT2D eigenvalue weighted by Gasteiger charge is 2.54. The van der Waals surface area contributed by atoms with E-state index in [4.69, 9.17) is 4.74 Å². The van der Waals surface area contributed by atoms with E-state index in [2.05, 4.69) is 35.2 Å². The van der Waals surface area contributed by atoms with E-state index in [1.54, 1.807) is 0 Å². The van der Waals surface area contributed by atoms with Crippen molar-refractivity contribution in [2.24, 2.45) is 0 Å². The molecule has 120 valence electrons. The van der Waals surface area contributed by atoms with Gasteiger partial charge in [0.1, 0.15) is 0 Å². The van der Waals surface area contributed by atoms with Crippen molar-refractivity contribution in [3.8, 4) is 0 Å². The van der Waals surface area contributed by atoms with Crippen molar-refractivity contribution in [1.29, 1.82) is 0 Å². The van der Waals surface area contributed by atoms with Crippen LogP contribution in [0, 0.1) is 0 Å². The first kappa shape index (κ1) is 14.8. The summed E-state index contributed by atoms with van der Waals surface area (Å²) < 4.78 is 5.28. The standard InChI is InChI=1S/C21H19NO2/c1-2-24-21(23)20-19(22(20)18-10-4-3-5-11-18)17-13-12-15-8-6-7-9-16(15)14-17/h3-14,19-20H,2H2,1H3/t19-,20+,22?/m0/s1. The highest BCUT2D eigenvalue weighted by Crippen LogP contribution is 2.47. The van der Waals surface area contributed by atoms with Crippen LogP contribution in [0.15, 0.2) is 72.8 Å². The van der Waals surface area contributed by atoms with Crippen molar-refractivity contribution in [3.63, 3.8) is 0 Å². The minimum absolute atomic E-state index is 0.0380. The van der Waals surface area contributed by atoms with Crippen LogP contribution in [0.25, 0.3) is 10.8 Å². The van der Waals surface area contributed by atoms with Crippen LogP contribution in [0.5, 0.6) is 0 Å². The smallest absolute Gasteiger partial charge is 0.331 e. The number of rotatable bonds is 4. The molecule has 0 aliphatic carbocycles. The predicted molar refractivity (Wildman–Crippen MR) is 96.0 cm³/mol. The number of carbonyl (C=O) groups is 1. The van der Waals surface area contributed by atoms with Gasteiger partial charge in [-0.2, -0.15) is 0 Å². The second kappa shape index (κ2) is 6.00. The Balaban J connectivity index is 1.71. The number of nitrogens with zero attached hydrogens (tertiary/aromatic N) is 1. The molecule has 1 heterocycles. The Labute approximate surface area is 141 Å². The maximum absolute atomic E-state index is 12.4. The molecular formula is C21H19NO2. The Morgan fingerprint density at radius 2 is 1.67 bits per heavy atom. The van der Waals surface area contributed by atoms with Crippen LogP contribution in [0.4, 0.5) is 5.69 Å². The maximum Gasteiger partial charge on any atom is 0.331 e. The van der Waals surface area contributed by atoms with Gasteiger partial charge >= 0.3 is 5.97 Å². The summed E-state index contributed by atoms with van der Waals surface area (Å²) in [7, 11) is 0. The zero-order valence-corrected chi connectivity index (χ0v) is 13.6. The fourth-order valence-corrected chi connectivity index (χ4v) is 3.36. The van der Waals surface area contributed by atoms with Crippen LogP contribution in [0.3, 0.4) is 0 Å². The number of fused-ring (bicyclic) bond motifs is 1. The van der Waals surface area contributed by atoms with Gasteiger partial charge in [0.15, 0.2) is 6.04 Å². The molecule has 1 fully saturated rings. The second-order valence-corrected chi connectivity index (χ2v) is 5.99. The van der Waals surface area contributed by atoms with E-state index in [1.165, 1.54) is 10.8 Å². The first-order valence-corrected chi connectivity index (χ1v) is 8.28. The molecule has 1 aliphatic heterocycles. The Morgan fingerprint density at radius 1 is 0.958 bits per heavy atom. The summed E-state index contributed by atoms with van der Waals surface area (Å²) in [5.74, 6) is -0.153. The number of hydrogen-bond donors (Lipinski definition) is 0. The van der Waals surface area contributed by atoms with Gasteiger partial charge in [-0.3, -0.25) is 0 Å². The molecular weight excluding hydrogens is 298 g/mol. The van der Waals surface area contributed by atoms with Crippen LogP contribution >= 0.6 is 0 Å². The van der Waals surface area contributed by atoms with E-state index in [0.717, 1.165) is 11.3 Å². The average molecular weight is 317 g/mol. The fourth-order valence-electron chi connectivity index (χ4n) is 3.36. The molecule has 24 heavy (non-hydrogen) atoms. The molecule has 0 radical (unpaired) electrons. The van der Waals surface area contributed by atoms with Crippen LogP contribution in [0.2, 0.25) is 0 Å². The largest absolute Gasteiger partial charge is 0.464 e. The fraction of sp³-hybridized carbons (Fsp3) is 0.190. The van der Waals surface area contributed by atoms with E-state index < -0.39 is 0 Å². The highest BCUT2D eigenvalue weighted by molar-refractivity contribution is 5.90. The van der Waals surface area contributed by atoms with Gasteiger partial charge in [0.05, 0.1) is 12.6 Å². The lowest BCUT2D eigenvalue weighted by Crippen LogP contribution is -2.15. The first-order chi connectivity index (χ1) is 11.8. The molecule has 0 unspecified atom stereocenters. The summed E-state index contributed by atoms with van der Waals surface area (Å²) >= 11 is 0. The summed E-state index contributed by atoms with van der Waals surface area (Å²) in [6, 6.07) is 24.5. The number of carbonyl (C=O) groups excluding carboxylic acids is 1.